The average molecular weight is 176 g/mol. The Hall–Kier alpha value is 0.860. The van der Waals surface area contributed by atoms with Gasteiger partial charge >= 0.3 is 0 Å². The molecule has 1 aliphatic carbocycles. The molecule has 0 N–H and O–H groups in total. The van der Waals surface area contributed by atoms with Gasteiger partial charge in [0, 0.05) is 0 Å². The first kappa shape index (κ1) is 8.95. The molecule has 0 bridgehead atoms. The molecular formula is C8H18P2. The lowest BCUT2D eigenvalue weighted by atomic mass is 10.00. The summed E-state index contributed by atoms with van der Waals surface area (Å²) in [4.78, 5) is 0. The van der Waals surface area contributed by atoms with Gasteiger partial charge in [0.05, 0.1) is 0 Å². The van der Waals surface area contributed by atoms with Crippen LogP contribution in [0.3, 0.4) is 0 Å². The maximum atomic E-state index is 2.38. The fourth-order valence-corrected chi connectivity index (χ4v) is 4.95. The van der Waals surface area contributed by atoms with Gasteiger partial charge in [-0.25, -0.2) is 0 Å². The average Bonchev–Trinajstić information content (AvgIpc) is 2.04. The molecule has 60 valence electrons. The molecule has 0 saturated heterocycles. The Bertz CT molecular complexity index is 81.3. The molecule has 1 aliphatic rings. The van der Waals surface area contributed by atoms with Crippen LogP contribution in [-0.2, 0) is 0 Å². The smallest absolute Gasteiger partial charge is 0.0174 e. The van der Waals surface area contributed by atoms with Gasteiger partial charge in [-0.15, -0.1) is 17.2 Å². The van der Waals surface area contributed by atoms with E-state index in [9.17, 15) is 0 Å². The Kier molecular flexibility index (Phi) is 4.19. The van der Waals surface area contributed by atoms with Crippen molar-refractivity contribution in [1.82, 2.24) is 0 Å². The first-order chi connectivity index (χ1) is 4.88. The monoisotopic (exact) mass is 176 g/mol. The van der Waals surface area contributed by atoms with E-state index in [1.54, 1.807) is 0 Å². The first-order valence-corrected chi connectivity index (χ1v) is 7.38. The third kappa shape index (κ3) is 2.18. The van der Waals surface area contributed by atoms with Crippen molar-refractivity contribution >= 4 is 17.2 Å². The van der Waals surface area contributed by atoms with E-state index >= 15 is 0 Å². The van der Waals surface area contributed by atoms with Crippen molar-refractivity contribution in [2.75, 3.05) is 13.3 Å². The van der Waals surface area contributed by atoms with Crippen LogP contribution < -0.4 is 0 Å². The van der Waals surface area contributed by atoms with Gasteiger partial charge in [-0.1, -0.05) is 12.8 Å². The minimum absolute atomic E-state index is 1.11. The topological polar surface area (TPSA) is 0 Å². The minimum Gasteiger partial charge on any atom is -0.121 e. The van der Waals surface area contributed by atoms with E-state index in [0.29, 0.717) is 0 Å². The molecular weight excluding hydrogens is 158 g/mol. The Morgan fingerprint density at radius 3 is 1.60 bits per heavy atom. The summed E-state index contributed by atoms with van der Waals surface area (Å²) < 4.78 is 0. The third-order valence-electron chi connectivity index (χ3n) is 2.51. The van der Waals surface area contributed by atoms with Gasteiger partial charge in [0.25, 0.3) is 0 Å². The van der Waals surface area contributed by atoms with Crippen LogP contribution in [-0.4, -0.2) is 24.6 Å². The molecule has 0 aromatic rings. The van der Waals surface area contributed by atoms with E-state index in [4.69, 9.17) is 0 Å². The van der Waals surface area contributed by atoms with Gasteiger partial charge < -0.3 is 0 Å². The largest absolute Gasteiger partial charge is 0.121 e. The maximum Gasteiger partial charge on any atom is -0.0174 e. The highest BCUT2D eigenvalue weighted by Gasteiger charge is 2.21. The maximum absolute atomic E-state index is 2.38. The third-order valence-corrected chi connectivity index (χ3v) is 5.71. The van der Waals surface area contributed by atoms with Crippen LogP contribution in [0.4, 0.5) is 0 Å². The fourth-order valence-electron chi connectivity index (χ4n) is 1.82. The summed E-state index contributed by atoms with van der Waals surface area (Å²) in [6, 6.07) is 0. The molecule has 4 unspecified atom stereocenters. The number of hydrogen-bond donors (Lipinski definition) is 0. The second-order valence-electron chi connectivity index (χ2n) is 3.07. The van der Waals surface area contributed by atoms with Gasteiger partial charge in [-0.05, 0) is 37.5 Å². The van der Waals surface area contributed by atoms with Crippen molar-refractivity contribution in [3.05, 3.63) is 0 Å². The summed E-state index contributed by atoms with van der Waals surface area (Å²) >= 11 is 0. The van der Waals surface area contributed by atoms with Crippen LogP contribution >= 0.6 is 17.2 Å². The van der Waals surface area contributed by atoms with Crippen LogP contribution in [0.2, 0.25) is 0 Å². The Morgan fingerprint density at radius 1 is 0.900 bits per heavy atom. The number of rotatable bonds is 2. The van der Waals surface area contributed by atoms with Crippen molar-refractivity contribution in [3.63, 3.8) is 0 Å². The first-order valence-electron chi connectivity index (χ1n) is 4.23. The second kappa shape index (κ2) is 4.68. The van der Waals surface area contributed by atoms with E-state index in [-0.39, 0.29) is 0 Å². The Morgan fingerprint density at radius 2 is 1.30 bits per heavy atom. The van der Waals surface area contributed by atoms with Gasteiger partial charge in [0.1, 0.15) is 0 Å². The van der Waals surface area contributed by atoms with Crippen LogP contribution in [0.15, 0.2) is 0 Å². The number of hydrogen-bond acceptors (Lipinski definition) is 0. The highest BCUT2D eigenvalue weighted by atomic mass is 31.1. The molecule has 1 saturated carbocycles. The summed E-state index contributed by atoms with van der Waals surface area (Å²) in [6.07, 6.45) is 6.07. The van der Waals surface area contributed by atoms with Crippen LogP contribution in [0.5, 0.6) is 0 Å². The van der Waals surface area contributed by atoms with Crippen molar-refractivity contribution in [2.45, 2.75) is 37.0 Å². The summed E-state index contributed by atoms with van der Waals surface area (Å²) in [5.41, 5.74) is 2.22. The molecule has 1 rings (SSSR count). The second-order valence-corrected chi connectivity index (χ2v) is 5.71. The van der Waals surface area contributed by atoms with Crippen LogP contribution in [0, 0.1) is 0 Å². The summed E-state index contributed by atoms with van der Waals surface area (Å²) in [5, 5.41) is 0. The molecule has 0 amide bonds. The molecule has 0 aliphatic heterocycles. The SMILES string of the molecule is CPC1CCCCC1PC. The van der Waals surface area contributed by atoms with Gasteiger partial charge in [0.15, 0.2) is 0 Å². The lowest BCUT2D eigenvalue weighted by Crippen LogP contribution is -2.21. The molecule has 0 spiro atoms. The van der Waals surface area contributed by atoms with Crippen LogP contribution in [0.1, 0.15) is 25.7 Å². The van der Waals surface area contributed by atoms with E-state index in [1.807, 2.05) is 0 Å². The zero-order chi connectivity index (χ0) is 7.40. The minimum atomic E-state index is 1.11. The Labute approximate surface area is 68.1 Å². The van der Waals surface area contributed by atoms with E-state index in [2.05, 4.69) is 13.3 Å². The van der Waals surface area contributed by atoms with Crippen molar-refractivity contribution in [2.24, 2.45) is 0 Å². The molecule has 4 atom stereocenters. The van der Waals surface area contributed by atoms with E-state index in [0.717, 1.165) is 11.3 Å². The zero-order valence-electron chi connectivity index (χ0n) is 6.98. The van der Waals surface area contributed by atoms with E-state index < -0.39 is 0 Å². The lowest BCUT2D eigenvalue weighted by molar-refractivity contribution is 0.523. The lowest BCUT2D eigenvalue weighted by Gasteiger charge is -2.29. The molecule has 0 nitrogen and oxygen atoms in total. The Balaban J connectivity index is 2.34. The van der Waals surface area contributed by atoms with Gasteiger partial charge in [-0.2, -0.15) is 0 Å². The fraction of sp³-hybridized carbons (Fsp3) is 1.00. The predicted octanol–water partition coefficient (Wildman–Crippen LogP) is 2.91. The highest BCUT2D eigenvalue weighted by molar-refractivity contribution is 7.42. The molecule has 2 heteroatoms. The molecule has 0 heterocycles. The van der Waals surface area contributed by atoms with E-state index in [1.165, 1.54) is 42.8 Å². The van der Waals surface area contributed by atoms with Crippen molar-refractivity contribution in [1.29, 1.82) is 0 Å². The molecule has 0 radical (unpaired) electrons. The summed E-state index contributed by atoms with van der Waals surface area (Å²) in [6.45, 7) is 4.76. The zero-order valence-corrected chi connectivity index (χ0v) is 8.98. The predicted molar refractivity (Wildman–Crippen MR) is 54.5 cm³/mol. The van der Waals surface area contributed by atoms with Gasteiger partial charge in [-0.3, -0.25) is 0 Å². The molecule has 0 aromatic carbocycles. The molecule has 10 heavy (non-hydrogen) atoms. The van der Waals surface area contributed by atoms with Crippen molar-refractivity contribution in [3.8, 4) is 0 Å². The summed E-state index contributed by atoms with van der Waals surface area (Å²) in [7, 11) is 2.40. The standard InChI is InChI=1S/C8H18P2/c1-9-7-5-3-4-6-8(7)10-2/h7-10H,3-6H2,1-2H3. The van der Waals surface area contributed by atoms with Crippen LogP contribution in [0.25, 0.3) is 0 Å². The highest BCUT2D eigenvalue weighted by Crippen LogP contribution is 2.39. The molecule has 1 fully saturated rings. The normalized spacial score (nSPS) is 36.6. The van der Waals surface area contributed by atoms with Crippen molar-refractivity contribution < 1.29 is 0 Å². The molecule has 0 aromatic heterocycles. The quantitative estimate of drug-likeness (QED) is 0.567. The summed E-state index contributed by atoms with van der Waals surface area (Å²) in [5.74, 6) is 0. The van der Waals surface area contributed by atoms with Gasteiger partial charge in [0.2, 0.25) is 0 Å².